The summed E-state index contributed by atoms with van der Waals surface area (Å²) in [6.07, 6.45) is 0. The van der Waals surface area contributed by atoms with Crippen LogP contribution in [-0.2, 0) is 11.3 Å². The van der Waals surface area contributed by atoms with Gasteiger partial charge in [0.05, 0.1) is 37.2 Å². The van der Waals surface area contributed by atoms with Crippen molar-refractivity contribution < 1.29 is 9.47 Å². The standard InChI is InChI=1S/C27H27N3O2/c1-31-23-11-9-21(10-12-23)26-18-27(24-7-2-3-8-25(24)29-26)28-22-6-4-5-20(17-22)19-30-13-15-32-16-14-30/h2-12,17-18H,13-16,19H2,1H3,(H,28,29). The van der Waals surface area contributed by atoms with E-state index in [4.69, 9.17) is 14.5 Å². The quantitative estimate of drug-likeness (QED) is 0.443. The Morgan fingerprint density at radius 1 is 0.938 bits per heavy atom. The molecule has 0 amide bonds. The molecule has 1 fully saturated rings. The second-order valence-electron chi connectivity index (χ2n) is 8.01. The van der Waals surface area contributed by atoms with E-state index in [1.165, 1.54) is 5.56 Å². The van der Waals surface area contributed by atoms with Gasteiger partial charge in [-0.15, -0.1) is 0 Å². The van der Waals surface area contributed by atoms with Crippen LogP contribution in [0.2, 0.25) is 0 Å². The normalized spacial score (nSPS) is 14.4. The summed E-state index contributed by atoms with van der Waals surface area (Å²) in [6.45, 7) is 4.53. The molecule has 1 aliphatic heterocycles. The van der Waals surface area contributed by atoms with E-state index in [1.54, 1.807) is 7.11 Å². The lowest BCUT2D eigenvalue weighted by molar-refractivity contribution is 0.0342. The molecule has 4 aromatic rings. The van der Waals surface area contributed by atoms with Crippen molar-refractivity contribution in [3.8, 4) is 17.0 Å². The first kappa shape index (κ1) is 20.5. The van der Waals surface area contributed by atoms with Gasteiger partial charge in [-0.1, -0.05) is 30.3 Å². The third-order valence-corrected chi connectivity index (χ3v) is 5.82. The summed E-state index contributed by atoms with van der Waals surface area (Å²) in [5, 5.41) is 4.75. The van der Waals surface area contributed by atoms with E-state index in [9.17, 15) is 0 Å². The van der Waals surface area contributed by atoms with E-state index >= 15 is 0 Å². The number of fused-ring (bicyclic) bond motifs is 1. The average molecular weight is 426 g/mol. The number of nitrogens with zero attached hydrogens (tertiary/aromatic N) is 2. The van der Waals surface area contributed by atoms with Crippen molar-refractivity contribution in [1.29, 1.82) is 0 Å². The smallest absolute Gasteiger partial charge is 0.118 e. The van der Waals surface area contributed by atoms with Crippen LogP contribution in [0.1, 0.15) is 5.56 Å². The molecule has 1 N–H and O–H groups in total. The predicted molar refractivity (Wildman–Crippen MR) is 130 cm³/mol. The van der Waals surface area contributed by atoms with Gasteiger partial charge in [0.15, 0.2) is 0 Å². The van der Waals surface area contributed by atoms with Crippen LogP contribution in [0.4, 0.5) is 11.4 Å². The highest BCUT2D eigenvalue weighted by Gasteiger charge is 2.12. The first-order chi connectivity index (χ1) is 15.8. The van der Waals surface area contributed by atoms with Crippen LogP contribution in [0.15, 0.2) is 78.9 Å². The summed E-state index contributed by atoms with van der Waals surface area (Å²) in [5.41, 5.74) is 6.37. The molecule has 0 aliphatic carbocycles. The minimum atomic E-state index is 0.815. The lowest BCUT2D eigenvalue weighted by Crippen LogP contribution is -2.35. The Balaban J connectivity index is 1.46. The number of hydrogen-bond donors (Lipinski definition) is 1. The molecule has 3 aromatic carbocycles. The third kappa shape index (κ3) is 4.59. The molecule has 5 nitrogen and oxygen atoms in total. The summed E-state index contributed by atoms with van der Waals surface area (Å²) in [5.74, 6) is 0.838. The number of para-hydroxylation sites is 1. The molecule has 0 bridgehead atoms. The zero-order valence-corrected chi connectivity index (χ0v) is 18.3. The molecule has 1 aromatic heterocycles. The van der Waals surface area contributed by atoms with Crippen LogP contribution in [0.3, 0.4) is 0 Å². The Morgan fingerprint density at radius 2 is 1.75 bits per heavy atom. The van der Waals surface area contributed by atoms with E-state index in [-0.39, 0.29) is 0 Å². The number of anilines is 2. The summed E-state index contributed by atoms with van der Waals surface area (Å²) in [6, 6.07) is 27.1. The Labute approximate surface area is 188 Å². The number of nitrogens with one attached hydrogen (secondary N) is 1. The van der Waals surface area contributed by atoms with Crippen LogP contribution in [-0.4, -0.2) is 43.3 Å². The van der Waals surface area contributed by atoms with E-state index < -0.39 is 0 Å². The van der Waals surface area contributed by atoms with Crippen LogP contribution < -0.4 is 10.1 Å². The van der Waals surface area contributed by atoms with Crippen LogP contribution in [0.5, 0.6) is 5.75 Å². The van der Waals surface area contributed by atoms with Crippen molar-refractivity contribution in [2.24, 2.45) is 0 Å². The molecule has 5 rings (SSSR count). The van der Waals surface area contributed by atoms with E-state index in [0.717, 1.165) is 72.1 Å². The molecule has 0 saturated carbocycles. The number of pyridine rings is 1. The number of hydrogen-bond acceptors (Lipinski definition) is 5. The molecular weight excluding hydrogens is 398 g/mol. The van der Waals surface area contributed by atoms with Crippen molar-refractivity contribution in [3.05, 3.63) is 84.4 Å². The summed E-state index contributed by atoms with van der Waals surface area (Å²) >= 11 is 0. The first-order valence-electron chi connectivity index (χ1n) is 11.0. The van der Waals surface area contributed by atoms with Crippen molar-refractivity contribution in [3.63, 3.8) is 0 Å². The first-order valence-corrected chi connectivity index (χ1v) is 11.0. The highest BCUT2D eigenvalue weighted by Crippen LogP contribution is 2.31. The number of rotatable bonds is 6. The van der Waals surface area contributed by atoms with Gasteiger partial charge in [0.2, 0.25) is 0 Å². The summed E-state index contributed by atoms with van der Waals surface area (Å²) < 4.78 is 10.8. The Hall–Kier alpha value is -3.41. The molecular formula is C27H27N3O2. The molecule has 1 saturated heterocycles. The highest BCUT2D eigenvalue weighted by molar-refractivity contribution is 5.95. The van der Waals surface area contributed by atoms with Gasteiger partial charge in [0.25, 0.3) is 0 Å². The monoisotopic (exact) mass is 425 g/mol. The summed E-state index contributed by atoms with van der Waals surface area (Å²) in [7, 11) is 1.68. The topological polar surface area (TPSA) is 46.6 Å². The Morgan fingerprint density at radius 3 is 2.56 bits per heavy atom. The van der Waals surface area contributed by atoms with Gasteiger partial charge in [-0.25, -0.2) is 4.98 Å². The second kappa shape index (κ2) is 9.39. The summed E-state index contributed by atoms with van der Waals surface area (Å²) in [4.78, 5) is 7.34. The molecule has 0 atom stereocenters. The van der Waals surface area contributed by atoms with Gasteiger partial charge in [0, 0.05) is 36.3 Å². The van der Waals surface area contributed by atoms with E-state index in [2.05, 4.69) is 58.7 Å². The fourth-order valence-corrected chi connectivity index (χ4v) is 4.11. The van der Waals surface area contributed by atoms with Gasteiger partial charge in [0.1, 0.15) is 5.75 Å². The van der Waals surface area contributed by atoms with Gasteiger partial charge < -0.3 is 14.8 Å². The number of morpholine rings is 1. The average Bonchev–Trinajstić information content (AvgIpc) is 2.85. The SMILES string of the molecule is COc1ccc(-c2cc(Nc3cccc(CN4CCOCC4)c3)c3ccccc3n2)cc1. The number of methoxy groups -OCH3 is 1. The zero-order chi connectivity index (χ0) is 21.8. The van der Waals surface area contributed by atoms with E-state index in [1.807, 2.05) is 30.3 Å². The minimum absolute atomic E-state index is 0.815. The number of aromatic nitrogens is 1. The van der Waals surface area contributed by atoms with Gasteiger partial charge in [-0.05, 0) is 54.1 Å². The van der Waals surface area contributed by atoms with Crippen LogP contribution in [0, 0.1) is 0 Å². The molecule has 0 spiro atoms. The maximum Gasteiger partial charge on any atom is 0.118 e. The lowest BCUT2D eigenvalue weighted by Gasteiger charge is -2.26. The van der Waals surface area contributed by atoms with Crippen molar-refractivity contribution in [2.45, 2.75) is 6.54 Å². The highest BCUT2D eigenvalue weighted by atomic mass is 16.5. The Kier molecular flexibility index (Phi) is 6.01. The third-order valence-electron chi connectivity index (χ3n) is 5.82. The van der Waals surface area contributed by atoms with Crippen molar-refractivity contribution in [2.75, 3.05) is 38.7 Å². The molecule has 5 heteroatoms. The molecule has 0 radical (unpaired) electrons. The van der Waals surface area contributed by atoms with E-state index in [0.29, 0.717) is 0 Å². The molecule has 2 heterocycles. The fraction of sp³-hybridized carbons (Fsp3) is 0.222. The zero-order valence-electron chi connectivity index (χ0n) is 18.3. The largest absolute Gasteiger partial charge is 0.497 e. The number of ether oxygens (including phenoxy) is 2. The van der Waals surface area contributed by atoms with Crippen LogP contribution >= 0.6 is 0 Å². The maximum absolute atomic E-state index is 5.47. The number of benzene rings is 3. The molecule has 1 aliphatic rings. The minimum Gasteiger partial charge on any atom is -0.497 e. The van der Waals surface area contributed by atoms with Crippen molar-refractivity contribution in [1.82, 2.24) is 9.88 Å². The molecule has 0 unspecified atom stereocenters. The van der Waals surface area contributed by atoms with Crippen molar-refractivity contribution >= 4 is 22.3 Å². The van der Waals surface area contributed by atoms with Gasteiger partial charge >= 0.3 is 0 Å². The van der Waals surface area contributed by atoms with Crippen LogP contribution in [0.25, 0.3) is 22.2 Å². The maximum atomic E-state index is 5.47. The van der Waals surface area contributed by atoms with Gasteiger partial charge in [-0.2, -0.15) is 0 Å². The lowest BCUT2D eigenvalue weighted by atomic mass is 10.1. The molecule has 162 valence electrons. The Bertz CT molecular complexity index is 1200. The predicted octanol–water partition coefficient (Wildman–Crippen LogP) is 5.49. The fourth-order valence-electron chi connectivity index (χ4n) is 4.11. The molecule has 32 heavy (non-hydrogen) atoms. The van der Waals surface area contributed by atoms with Gasteiger partial charge in [-0.3, -0.25) is 4.90 Å². The second-order valence-corrected chi connectivity index (χ2v) is 8.01.